The number of fused-ring (bicyclic) bond motifs is 2. The number of nitro groups is 1. The molecule has 2 heterocycles. The van der Waals surface area contributed by atoms with E-state index in [0.29, 0.717) is 11.6 Å². The number of carbonyl (C=O) groups excluding carboxylic acids is 2. The van der Waals surface area contributed by atoms with Crippen molar-refractivity contribution >= 4 is 129 Å². The van der Waals surface area contributed by atoms with Crippen LogP contribution in [-0.2, 0) is 60.7 Å². The highest BCUT2D eigenvalue weighted by Crippen LogP contribution is 2.44. The van der Waals surface area contributed by atoms with Crippen molar-refractivity contribution in [3.05, 3.63) is 94.7 Å². The fourth-order valence-corrected chi connectivity index (χ4v) is 9.74. The molecular formula is C38H30N10O22S6. The highest BCUT2D eigenvalue weighted by Gasteiger charge is 2.25. The van der Waals surface area contributed by atoms with Crippen LogP contribution in [0.1, 0.15) is 18.4 Å². The van der Waals surface area contributed by atoms with Gasteiger partial charge in [-0.2, -0.15) is 53.0 Å². The molecule has 0 unspecified atom stereocenters. The minimum Gasteiger partial charge on any atom is -0.505 e. The van der Waals surface area contributed by atoms with Crippen LogP contribution >= 0.6 is 11.3 Å². The van der Waals surface area contributed by atoms with Gasteiger partial charge < -0.3 is 14.9 Å². The Kier molecular flexibility index (Phi) is 18.4. The number of aromatic nitrogens is 3. The summed E-state index contributed by atoms with van der Waals surface area (Å²) in [7, 11) is -21.9. The summed E-state index contributed by atoms with van der Waals surface area (Å²) >= 11 is 0.729. The van der Waals surface area contributed by atoms with Crippen molar-refractivity contribution < 1.29 is 94.0 Å². The summed E-state index contributed by atoms with van der Waals surface area (Å²) in [6.07, 6.45) is 1.42. The Labute approximate surface area is 430 Å². The Hall–Kier alpha value is -8.30. The van der Waals surface area contributed by atoms with E-state index in [1.807, 2.05) is 0 Å². The van der Waals surface area contributed by atoms with Crippen LogP contribution in [0.4, 0.5) is 39.3 Å². The smallest absolute Gasteiger partial charge is 0.425 e. The van der Waals surface area contributed by atoms with Crippen molar-refractivity contribution in [2.75, 3.05) is 12.4 Å². The molecule has 0 saturated heterocycles. The van der Waals surface area contributed by atoms with E-state index in [4.69, 9.17) is 31.5 Å². The van der Waals surface area contributed by atoms with Gasteiger partial charge in [0, 0.05) is 29.0 Å². The van der Waals surface area contributed by atoms with Gasteiger partial charge >= 0.3 is 16.8 Å². The molecule has 76 heavy (non-hydrogen) atoms. The van der Waals surface area contributed by atoms with Crippen LogP contribution in [0, 0.1) is 17.0 Å². The van der Waals surface area contributed by atoms with Gasteiger partial charge in [0.1, 0.15) is 38.1 Å². The number of rotatable bonds is 17. The van der Waals surface area contributed by atoms with Gasteiger partial charge in [-0.3, -0.25) is 28.3 Å². The van der Waals surface area contributed by atoms with Gasteiger partial charge in [0.2, 0.25) is 11.0 Å². The number of azo groups is 3. The van der Waals surface area contributed by atoms with Crippen LogP contribution in [0.25, 0.3) is 26.7 Å². The fourth-order valence-electron chi connectivity index (χ4n) is 6.28. The van der Waals surface area contributed by atoms with Crippen molar-refractivity contribution in [3.63, 3.8) is 0 Å². The molecule has 0 bridgehead atoms. The fraction of sp³-hybridized carbons (Fsp3) is 0.132. The molecule has 0 amide bonds. The number of ether oxygens (including phenoxy) is 1. The lowest BCUT2D eigenvalue weighted by atomic mass is 10.1. The van der Waals surface area contributed by atoms with Gasteiger partial charge in [-0.05, 0) is 73.9 Å². The lowest BCUT2D eigenvalue weighted by Gasteiger charge is -2.11. The molecule has 0 fully saturated rings. The lowest BCUT2D eigenvalue weighted by molar-refractivity contribution is -0.384. The first-order valence-electron chi connectivity index (χ1n) is 19.8. The lowest BCUT2D eigenvalue weighted by Crippen LogP contribution is -2.06. The zero-order valence-electron chi connectivity index (χ0n) is 37.5. The van der Waals surface area contributed by atoms with Gasteiger partial charge in [-0.1, -0.05) is 17.4 Å². The molecule has 5 aromatic carbocycles. The SMILES string of the molecule is Cc1cc(N=Nc2ccc3c(S(=O)(=O)O)c(N=Nc4cnn(-c5ccc(S(=O)(=O)O)cc5)c4O)ccc3c2O)c(OCCCCS(=O)(=O)O)cc1N=Nc1nc2c(S(=O)(=O)O)cc([N+](=O)[O-])cc2s1.O=C=O.O=S(=O)=O. The molecule has 6 N–H and O–H groups in total. The number of thiazole rings is 1. The normalized spacial score (nSPS) is 12.1. The van der Waals surface area contributed by atoms with Gasteiger partial charge in [-0.25, -0.2) is 4.98 Å². The van der Waals surface area contributed by atoms with Crippen LogP contribution in [-0.4, -0.2) is 113 Å². The van der Waals surface area contributed by atoms with E-state index >= 15 is 0 Å². The standard InChI is InChI=1S/C37H30N10O17S5.CO2.O3S/c1-19-14-28(30(64-12-2-3-13-66(52,53)54)17-27(19)42-45-37-39-33-31(65-37)15-21(47(50)51)16-32(33)68(58,59)60)43-40-25-10-9-24-23(34(25)48)8-11-26(35(24)69(61,62)63)41-44-29-18-38-46(36(29)49)20-4-6-22(7-5-20)67(55,56)57;2-1-3;1-4(2)3/h4-11,14-18,48-49H,2-3,12-13H2,1H3,(H,52,53,54)(H,55,56,57)(H,58,59,60)(H,61,62,63);;. The summed E-state index contributed by atoms with van der Waals surface area (Å²) in [6, 6.07) is 13.7. The Balaban J connectivity index is 0.00000144. The molecule has 2 aromatic heterocycles. The van der Waals surface area contributed by atoms with Gasteiger partial charge in [0.15, 0.2) is 11.4 Å². The number of non-ortho nitro benzene ring substituents is 1. The second-order valence-corrected chi connectivity index (χ2v) is 21.7. The molecular weight excluding hydrogens is 1140 g/mol. The largest absolute Gasteiger partial charge is 0.505 e. The number of hydrogen-bond donors (Lipinski definition) is 6. The third-order valence-electron chi connectivity index (χ3n) is 9.47. The predicted molar refractivity (Wildman–Crippen MR) is 256 cm³/mol. The average Bonchev–Trinajstić information content (AvgIpc) is 3.91. The number of nitrogens with zero attached hydrogens (tertiary/aromatic N) is 10. The molecule has 0 atom stereocenters. The molecule has 7 aromatic rings. The Bertz CT molecular complexity index is 4140. The van der Waals surface area contributed by atoms with E-state index in [9.17, 15) is 67.7 Å². The molecule has 0 aliphatic rings. The number of aryl methyl sites for hydroxylation is 1. The van der Waals surface area contributed by atoms with E-state index in [1.54, 1.807) is 6.92 Å². The van der Waals surface area contributed by atoms with Crippen LogP contribution in [0.15, 0.2) is 124 Å². The molecule has 32 nitrogen and oxygen atoms in total. The maximum absolute atomic E-state index is 12.7. The van der Waals surface area contributed by atoms with Crippen LogP contribution in [0.2, 0.25) is 0 Å². The topological polar surface area (TPSA) is 501 Å². The third kappa shape index (κ3) is 15.2. The first-order valence-corrected chi connectivity index (χ1v) is 27.6. The highest BCUT2D eigenvalue weighted by molar-refractivity contribution is 7.86. The van der Waals surface area contributed by atoms with Crippen LogP contribution < -0.4 is 4.74 Å². The number of phenolic OH excluding ortho intramolecular Hbond substituents is 1. The maximum Gasteiger partial charge on any atom is 0.425 e. The minimum atomic E-state index is -5.11. The second-order valence-electron chi connectivity index (χ2n) is 14.5. The van der Waals surface area contributed by atoms with Crippen molar-refractivity contribution in [1.29, 1.82) is 0 Å². The monoisotopic (exact) mass is 1170 g/mol. The summed E-state index contributed by atoms with van der Waals surface area (Å²) in [6.45, 7) is 1.45. The zero-order valence-corrected chi connectivity index (χ0v) is 42.4. The first-order chi connectivity index (χ1) is 35.4. The Morgan fingerprint density at radius 1 is 0.724 bits per heavy atom. The summed E-state index contributed by atoms with van der Waals surface area (Å²) < 4.78 is 165. The Morgan fingerprint density at radius 3 is 1.89 bits per heavy atom. The minimum absolute atomic E-state index is 0.0000204. The van der Waals surface area contributed by atoms with Crippen molar-refractivity contribution in [2.45, 2.75) is 34.5 Å². The summed E-state index contributed by atoms with van der Waals surface area (Å²) in [5.74, 6) is -1.80. The number of aromatic hydroxyl groups is 2. The quantitative estimate of drug-likeness (QED) is 0.0181. The molecule has 0 saturated carbocycles. The molecule has 0 radical (unpaired) electrons. The molecule has 0 aliphatic carbocycles. The second kappa shape index (κ2) is 23.9. The highest BCUT2D eigenvalue weighted by atomic mass is 32.2. The average molecular weight is 1170 g/mol. The summed E-state index contributed by atoms with van der Waals surface area (Å²) in [5.41, 5.74) is -1.22. The summed E-state index contributed by atoms with van der Waals surface area (Å²) in [5, 5.41) is 61.1. The van der Waals surface area contributed by atoms with Crippen molar-refractivity contribution in [3.8, 4) is 23.1 Å². The maximum atomic E-state index is 12.7. The number of nitro benzene ring substituents is 1. The van der Waals surface area contributed by atoms with Gasteiger partial charge in [0.05, 0.1) is 44.5 Å². The number of hydrogen-bond acceptors (Lipinski definition) is 27. The van der Waals surface area contributed by atoms with E-state index in [2.05, 4.69) is 40.8 Å². The van der Waals surface area contributed by atoms with Crippen molar-refractivity contribution in [1.82, 2.24) is 14.8 Å². The van der Waals surface area contributed by atoms with Crippen molar-refractivity contribution in [2.24, 2.45) is 30.7 Å². The Morgan fingerprint density at radius 2 is 1.30 bits per heavy atom. The first kappa shape index (κ1) is 58.6. The molecule has 7 rings (SSSR count). The van der Waals surface area contributed by atoms with E-state index in [1.165, 1.54) is 36.4 Å². The summed E-state index contributed by atoms with van der Waals surface area (Å²) in [4.78, 5) is 28.8. The zero-order chi connectivity index (χ0) is 56.5. The van der Waals surface area contributed by atoms with Crippen LogP contribution in [0.3, 0.4) is 0 Å². The third-order valence-corrected chi connectivity index (χ3v) is 13.8. The number of phenols is 1. The molecule has 400 valence electrons. The van der Waals surface area contributed by atoms with Gasteiger partial charge in [0.25, 0.3) is 46.2 Å². The number of unbranched alkanes of at least 4 members (excludes halogenated alkanes) is 1. The van der Waals surface area contributed by atoms with E-state index in [-0.39, 0.29) is 85.9 Å². The van der Waals surface area contributed by atoms with Crippen LogP contribution in [0.5, 0.6) is 17.4 Å². The number of benzene rings is 5. The van der Waals surface area contributed by atoms with E-state index < -0.39 is 99.4 Å². The van der Waals surface area contributed by atoms with Gasteiger partial charge in [-0.15, -0.1) is 43.3 Å². The van der Waals surface area contributed by atoms with E-state index in [0.717, 1.165) is 52.5 Å². The molecule has 0 aliphatic heterocycles. The molecule has 38 heteroatoms. The predicted octanol–water partition coefficient (Wildman–Crippen LogP) is 6.71. The molecule has 0 spiro atoms.